The quantitative estimate of drug-likeness (QED) is 0.795. The molecule has 3 aromatic rings. The normalized spacial score (nSPS) is 10.0. The predicted octanol–water partition coefficient (Wildman–Crippen LogP) is 3.47. The molecule has 1 aromatic heterocycles. The standard InChI is InChI=1S/C18H13N3O3/c1-23-16-5-3-2-4-14(16)17-10-15(21-24-17)18(22)20-13-8-6-12(11-19)7-9-13/h2-10H,1H3,(H,20,22). The van der Waals surface area contributed by atoms with Gasteiger partial charge in [-0.1, -0.05) is 17.3 Å². The van der Waals surface area contributed by atoms with Crippen LogP contribution < -0.4 is 10.1 Å². The summed E-state index contributed by atoms with van der Waals surface area (Å²) in [6, 6.07) is 17.4. The third-order valence-electron chi connectivity index (χ3n) is 3.39. The number of rotatable bonds is 4. The van der Waals surface area contributed by atoms with Gasteiger partial charge in [-0.05, 0) is 36.4 Å². The van der Waals surface area contributed by atoms with Gasteiger partial charge in [0.1, 0.15) is 5.75 Å². The molecule has 0 atom stereocenters. The van der Waals surface area contributed by atoms with Crippen molar-refractivity contribution >= 4 is 11.6 Å². The van der Waals surface area contributed by atoms with Gasteiger partial charge in [0.05, 0.1) is 24.3 Å². The van der Waals surface area contributed by atoms with Gasteiger partial charge in [0, 0.05) is 11.8 Å². The summed E-state index contributed by atoms with van der Waals surface area (Å²) in [6.07, 6.45) is 0. The Labute approximate surface area is 138 Å². The Hall–Kier alpha value is -3.59. The number of carbonyl (C=O) groups is 1. The molecule has 0 saturated heterocycles. The summed E-state index contributed by atoms with van der Waals surface area (Å²) >= 11 is 0. The smallest absolute Gasteiger partial charge is 0.277 e. The molecule has 1 amide bonds. The number of methoxy groups -OCH3 is 1. The largest absolute Gasteiger partial charge is 0.496 e. The van der Waals surface area contributed by atoms with E-state index in [1.165, 1.54) is 0 Å². The Kier molecular flexibility index (Phi) is 4.25. The molecule has 0 aliphatic heterocycles. The molecular weight excluding hydrogens is 306 g/mol. The van der Waals surface area contributed by atoms with Crippen LogP contribution in [-0.4, -0.2) is 18.2 Å². The minimum Gasteiger partial charge on any atom is -0.496 e. The summed E-state index contributed by atoms with van der Waals surface area (Å²) < 4.78 is 10.5. The lowest BCUT2D eigenvalue weighted by Crippen LogP contribution is -2.12. The van der Waals surface area contributed by atoms with Crippen LogP contribution in [0.2, 0.25) is 0 Å². The average Bonchev–Trinajstić information content (AvgIpc) is 3.12. The lowest BCUT2D eigenvalue weighted by Gasteiger charge is -2.03. The highest BCUT2D eigenvalue weighted by Gasteiger charge is 2.16. The highest BCUT2D eigenvalue weighted by Crippen LogP contribution is 2.30. The minimum absolute atomic E-state index is 0.153. The molecule has 0 spiro atoms. The van der Waals surface area contributed by atoms with E-state index in [1.807, 2.05) is 24.3 Å². The number of nitrogens with one attached hydrogen (secondary N) is 1. The van der Waals surface area contributed by atoms with E-state index in [1.54, 1.807) is 43.5 Å². The maximum atomic E-state index is 12.2. The van der Waals surface area contributed by atoms with Crippen LogP contribution in [-0.2, 0) is 0 Å². The molecule has 0 saturated carbocycles. The molecule has 0 unspecified atom stereocenters. The Bertz CT molecular complexity index is 908. The second-order valence-corrected chi connectivity index (χ2v) is 4.92. The summed E-state index contributed by atoms with van der Waals surface area (Å²) in [6.45, 7) is 0. The number of nitrogens with zero attached hydrogens (tertiary/aromatic N) is 2. The number of aromatic nitrogens is 1. The summed E-state index contributed by atoms with van der Waals surface area (Å²) in [4.78, 5) is 12.2. The zero-order valence-corrected chi connectivity index (χ0v) is 12.8. The van der Waals surface area contributed by atoms with E-state index in [-0.39, 0.29) is 5.69 Å². The summed E-state index contributed by atoms with van der Waals surface area (Å²) in [5.41, 5.74) is 1.96. The molecule has 1 N–H and O–H groups in total. The van der Waals surface area contributed by atoms with Gasteiger partial charge < -0.3 is 14.6 Å². The summed E-state index contributed by atoms with van der Waals surface area (Å²) in [5, 5.41) is 15.3. The first kappa shape index (κ1) is 15.3. The molecule has 0 bridgehead atoms. The Morgan fingerprint density at radius 2 is 1.96 bits per heavy atom. The van der Waals surface area contributed by atoms with Crippen LogP contribution >= 0.6 is 0 Å². The van der Waals surface area contributed by atoms with Crippen molar-refractivity contribution in [3.63, 3.8) is 0 Å². The first-order valence-electron chi connectivity index (χ1n) is 7.13. The van der Waals surface area contributed by atoms with Crippen LogP contribution in [0.5, 0.6) is 5.75 Å². The topological polar surface area (TPSA) is 88.1 Å². The van der Waals surface area contributed by atoms with E-state index in [0.29, 0.717) is 28.3 Å². The molecule has 0 fully saturated rings. The third-order valence-corrected chi connectivity index (χ3v) is 3.39. The fraction of sp³-hybridized carbons (Fsp3) is 0.0556. The van der Waals surface area contributed by atoms with Gasteiger partial charge >= 0.3 is 0 Å². The Morgan fingerprint density at radius 1 is 1.21 bits per heavy atom. The van der Waals surface area contributed by atoms with Crippen LogP contribution in [0, 0.1) is 11.3 Å². The van der Waals surface area contributed by atoms with E-state index in [9.17, 15) is 4.79 Å². The van der Waals surface area contributed by atoms with Crippen LogP contribution in [0.1, 0.15) is 16.1 Å². The molecule has 24 heavy (non-hydrogen) atoms. The van der Waals surface area contributed by atoms with Crippen LogP contribution in [0.4, 0.5) is 5.69 Å². The second-order valence-electron chi connectivity index (χ2n) is 4.92. The van der Waals surface area contributed by atoms with Crippen molar-refractivity contribution in [2.24, 2.45) is 0 Å². The molecule has 0 aliphatic carbocycles. The van der Waals surface area contributed by atoms with Gasteiger partial charge in [-0.25, -0.2) is 0 Å². The van der Waals surface area contributed by atoms with Crippen molar-refractivity contribution in [1.29, 1.82) is 5.26 Å². The second kappa shape index (κ2) is 6.67. The highest BCUT2D eigenvalue weighted by molar-refractivity contribution is 6.03. The SMILES string of the molecule is COc1ccccc1-c1cc(C(=O)Nc2ccc(C#N)cc2)no1. The van der Waals surface area contributed by atoms with Gasteiger partial charge in [0.2, 0.25) is 0 Å². The maximum absolute atomic E-state index is 12.2. The molecule has 2 aromatic carbocycles. The summed E-state index contributed by atoms with van der Waals surface area (Å²) in [7, 11) is 1.56. The number of anilines is 1. The molecule has 3 rings (SSSR count). The van der Waals surface area contributed by atoms with E-state index < -0.39 is 5.91 Å². The number of hydrogen-bond acceptors (Lipinski definition) is 5. The number of nitriles is 1. The Balaban J connectivity index is 1.79. The Morgan fingerprint density at radius 3 is 2.67 bits per heavy atom. The zero-order chi connectivity index (χ0) is 16.9. The van der Waals surface area contributed by atoms with E-state index >= 15 is 0 Å². The van der Waals surface area contributed by atoms with Gasteiger partial charge in [-0.3, -0.25) is 4.79 Å². The van der Waals surface area contributed by atoms with Crippen LogP contribution in [0.25, 0.3) is 11.3 Å². The first-order valence-corrected chi connectivity index (χ1v) is 7.13. The molecule has 6 heteroatoms. The van der Waals surface area contributed by atoms with E-state index in [0.717, 1.165) is 0 Å². The molecule has 0 aliphatic rings. The number of ether oxygens (including phenoxy) is 1. The van der Waals surface area contributed by atoms with Crippen molar-refractivity contribution in [3.8, 4) is 23.1 Å². The average molecular weight is 319 g/mol. The zero-order valence-electron chi connectivity index (χ0n) is 12.8. The first-order chi connectivity index (χ1) is 11.7. The monoisotopic (exact) mass is 319 g/mol. The van der Waals surface area contributed by atoms with Crippen LogP contribution in [0.15, 0.2) is 59.1 Å². The molecular formula is C18H13N3O3. The molecule has 0 radical (unpaired) electrons. The number of para-hydroxylation sites is 1. The van der Waals surface area contributed by atoms with Crippen molar-refractivity contribution in [1.82, 2.24) is 5.16 Å². The fourth-order valence-corrected chi connectivity index (χ4v) is 2.18. The van der Waals surface area contributed by atoms with Crippen LogP contribution in [0.3, 0.4) is 0 Å². The molecule has 1 heterocycles. The van der Waals surface area contributed by atoms with Gasteiger partial charge in [0.25, 0.3) is 5.91 Å². The van der Waals surface area contributed by atoms with Gasteiger partial charge in [-0.15, -0.1) is 0 Å². The predicted molar refractivity (Wildman–Crippen MR) is 87.6 cm³/mol. The molecule has 6 nitrogen and oxygen atoms in total. The number of amides is 1. The highest BCUT2D eigenvalue weighted by atomic mass is 16.5. The van der Waals surface area contributed by atoms with E-state index in [2.05, 4.69) is 10.5 Å². The molecule has 118 valence electrons. The van der Waals surface area contributed by atoms with Gasteiger partial charge in [-0.2, -0.15) is 5.26 Å². The third kappa shape index (κ3) is 3.10. The maximum Gasteiger partial charge on any atom is 0.277 e. The number of carbonyl (C=O) groups excluding carboxylic acids is 1. The fourth-order valence-electron chi connectivity index (χ4n) is 2.18. The lowest BCUT2D eigenvalue weighted by molar-refractivity contribution is 0.101. The van der Waals surface area contributed by atoms with Crippen molar-refractivity contribution in [2.45, 2.75) is 0 Å². The van der Waals surface area contributed by atoms with Crippen molar-refractivity contribution in [3.05, 3.63) is 65.9 Å². The minimum atomic E-state index is -0.399. The summed E-state index contributed by atoms with van der Waals surface area (Å²) in [5.74, 6) is 0.676. The number of hydrogen-bond donors (Lipinski definition) is 1. The van der Waals surface area contributed by atoms with Gasteiger partial charge in [0.15, 0.2) is 11.5 Å². The van der Waals surface area contributed by atoms with E-state index in [4.69, 9.17) is 14.5 Å². The lowest BCUT2D eigenvalue weighted by atomic mass is 10.1. The number of benzene rings is 2. The van der Waals surface area contributed by atoms with Crippen molar-refractivity contribution < 1.29 is 14.1 Å². The van der Waals surface area contributed by atoms with Crippen molar-refractivity contribution in [2.75, 3.05) is 12.4 Å².